The minimum Gasteiger partial charge on any atom is -0.342 e. The van der Waals surface area contributed by atoms with Gasteiger partial charge < -0.3 is 10.7 Å². The molecule has 1 atom stereocenters. The summed E-state index contributed by atoms with van der Waals surface area (Å²) in [5, 5.41) is 0. The molecule has 0 aliphatic rings. The molecule has 0 radical (unpaired) electrons. The Balaban J connectivity index is 2.52. The number of aromatic nitrogens is 2. The minimum atomic E-state index is -3.26. The minimum absolute atomic E-state index is 0.267. The lowest BCUT2D eigenvalue weighted by atomic mass is 10.1. The van der Waals surface area contributed by atoms with Gasteiger partial charge in [-0.25, -0.2) is 13.4 Å². The van der Waals surface area contributed by atoms with Gasteiger partial charge in [-0.1, -0.05) is 13.0 Å². The summed E-state index contributed by atoms with van der Waals surface area (Å²) in [6.07, 6.45) is 1.91. The van der Waals surface area contributed by atoms with Crippen LogP contribution < -0.4 is 5.73 Å². The summed E-state index contributed by atoms with van der Waals surface area (Å²) in [4.78, 5) is 7.79. The monoisotopic (exact) mass is 267 g/mol. The number of benzene rings is 1. The number of sulfone groups is 1. The highest BCUT2D eigenvalue weighted by atomic mass is 32.2. The third-order valence-electron chi connectivity index (χ3n) is 2.87. The van der Waals surface area contributed by atoms with Gasteiger partial charge in [0.05, 0.1) is 10.4 Å². The third-order valence-corrected chi connectivity index (χ3v) is 4.00. The Kier molecular flexibility index (Phi) is 3.41. The van der Waals surface area contributed by atoms with Gasteiger partial charge in [-0.2, -0.15) is 0 Å². The van der Waals surface area contributed by atoms with Gasteiger partial charge >= 0.3 is 0 Å². The van der Waals surface area contributed by atoms with E-state index in [0.29, 0.717) is 24.4 Å². The Morgan fingerprint density at radius 1 is 1.44 bits per heavy atom. The van der Waals surface area contributed by atoms with E-state index in [2.05, 4.69) is 9.97 Å². The van der Waals surface area contributed by atoms with Crippen LogP contribution in [0.5, 0.6) is 0 Å². The lowest BCUT2D eigenvalue weighted by Gasteiger charge is -2.03. The van der Waals surface area contributed by atoms with Crippen molar-refractivity contribution in [1.82, 2.24) is 9.97 Å². The molecule has 6 heteroatoms. The molecule has 98 valence electrons. The maximum atomic E-state index is 11.7. The van der Waals surface area contributed by atoms with E-state index in [9.17, 15) is 8.42 Å². The molecule has 0 amide bonds. The number of hydrogen-bond acceptors (Lipinski definition) is 4. The first-order valence-electron chi connectivity index (χ1n) is 5.79. The molecule has 18 heavy (non-hydrogen) atoms. The average molecular weight is 267 g/mol. The van der Waals surface area contributed by atoms with Crippen molar-refractivity contribution in [2.45, 2.75) is 18.2 Å². The Morgan fingerprint density at radius 2 is 2.17 bits per heavy atom. The zero-order valence-corrected chi connectivity index (χ0v) is 11.3. The molecule has 0 bridgehead atoms. The highest BCUT2D eigenvalue weighted by Crippen LogP contribution is 2.21. The number of nitrogens with one attached hydrogen (secondary N) is 1. The van der Waals surface area contributed by atoms with E-state index in [0.717, 1.165) is 11.3 Å². The Labute approximate surface area is 106 Å². The molecule has 0 spiro atoms. The number of nitrogens with zero attached hydrogens (tertiary/aromatic N) is 1. The fourth-order valence-electron chi connectivity index (χ4n) is 1.87. The fourth-order valence-corrected chi connectivity index (χ4v) is 2.70. The molecule has 0 fully saturated rings. The summed E-state index contributed by atoms with van der Waals surface area (Å²) in [7, 11) is -3.26. The number of para-hydroxylation sites is 1. The van der Waals surface area contributed by atoms with Crippen molar-refractivity contribution in [3.8, 4) is 0 Å². The molecule has 1 aromatic heterocycles. The second kappa shape index (κ2) is 4.70. The van der Waals surface area contributed by atoms with Gasteiger partial charge in [0.2, 0.25) is 0 Å². The van der Waals surface area contributed by atoms with Crippen LogP contribution in [0.25, 0.3) is 11.0 Å². The van der Waals surface area contributed by atoms with E-state index in [4.69, 9.17) is 5.73 Å². The van der Waals surface area contributed by atoms with Crippen LogP contribution in [0, 0.1) is 5.92 Å². The Bertz CT molecular complexity index is 661. The van der Waals surface area contributed by atoms with Crippen LogP contribution in [0.15, 0.2) is 23.1 Å². The first-order chi connectivity index (χ1) is 8.41. The van der Waals surface area contributed by atoms with Crippen molar-refractivity contribution >= 4 is 20.9 Å². The Hall–Kier alpha value is -1.40. The summed E-state index contributed by atoms with van der Waals surface area (Å²) >= 11 is 0. The van der Waals surface area contributed by atoms with Gasteiger partial charge in [0.1, 0.15) is 11.3 Å². The van der Waals surface area contributed by atoms with E-state index in [1.807, 2.05) is 13.0 Å². The smallest absolute Gasteiger partial charge is 0.177 e. The van der Waals surface area contributed by atoms with Crippen molar-refractivity contribution in [3.63, 3.8) is 0 Å². The molecule has 5 nitrogen and oxygen atoms in total. The highest BCUT2D eigenvalue weighted by molar-refractivity contribution is 7.91. The van der Waals surface area contributed by atoms with Crippen LogP contribution >= 0.6 is 0 Å². The summed E-state index contributed by atoms with van der Waals surface area (Å²) < 4.78 is 23.3. The van der Waals surface area contributed by atoms with Gasteiger partial charge in [0.15, 0.2) is 9.84 Å². The summed E-state index contributed by atoms with van der Waals surface area (Å²) in [5.41, 5.74) is 6.84. The van der Waals surface area contributed by atoms with E-state index in [1.54, 1.807) is 12.1 Å². The van der Waals surface area contributed by atoms with E-state index < -0.39 is 9.84 Å². The molecule has 1 heterocycles. The lowest BCUT2D eigenvalue weighted by Crippen LogP contribution is -2.13. The Morgan fingerprint density at radius 3 is 2.78 bits per heavy atom. The molecule has 1 unspecified atom stereocenters. The largest absolute Gasteiger partial charge is 0.342 e. The first kappa shape index (κ1) is 13.0. The van der Waals surface area contributed by atoms with Crippen molar-refractivity contribution in [2.24, 2.45) is 11.7 Å². The summed E-state index contributed by atoms with van der Waals surface area (Å²) in [5.74, 6) is 1.09. The molecular weight excluding hydrogens is 250 g/mol. The number of rotatable bonds is 4. The van der Waals surface area contributed by atoms with Crippen LogP contribution in [-0.4, -0.2) is 31.2 Å². The SMILES string of the molecule is CC(CN)Cc1nc2c(S(C)(=O)=O)cccc2[nH]1. The zero-order valence-electron chi connectivity index (χ0n) is 10.5. The number of H-pyrrole nitrogens is 1. The number of aromatic amines is 1. The van der Waals surface area contributed by atoms with E-state index in [1.165, 1.54) is 6.26 Å². The van der Waals surface area contributed by atoms with E-state index >= 15 is 0 Å². The van der Waals surface area contributed by atoms with Crippen LogP contribution in [0.3, 0.4) is 0 Å². The maximum absolute atomic E-state index is 11.7. The molecule has 3 N–H and O–H groups in total. The van der Waals surface area contributed by atoms with Crippen LogP contribution in [-0.2, 0) is 16.3 Å². The number of fused-ring (bicyclic) bond motifs is 1. The predicted molar refractivity (Wildman–Crippen MR) is 71.1 cm³/mol. The maximum Gasteiger partial charge on any atom is 0.177 e. The van der Waals surface area contributed by atoms with Crippen molar-refractivity contribution in [1.29, 1.82) is 0 Å². The quantitative estimate of drug-likeness (QED) is 0.868. The average Bonchev–Trinajstić information content (AvgIpc) is 2.68. The van der Waals surface area contributed by atoms with Crippen molar-refractivity contribution < 1.29 is 8.42 Å². The molecule has 0 aliphatic heterocycles. The topological polar surface area (TPSA) is 88.8 Å². The summed E-state index contributed by atoms with van der Waals surface area (Å²) in [6.45, 7) is 2.61. The lowest BCUT2D eigenvalue weighted by molar-refractivity contribution is 0.578. The molecule has 0 saturated heterocycles. The molecule has 0 saturated carbocycles. The highest BCUT2D eigenvalue weighted by Gasteiger charge is 2.15. The molecule has 2 rings (SSSR count). The molecule has 2 aromatic rings. The van der Waals surface area contributed by atoms with Gasteiger partial charge in [-0.15, -0.1) is 0 Å². The fraction of sp³-hybridized carbons (Fsp3) is 0.417. The number of imidazole rings is 1. The van der Waals surface area contributed by atoms with Gasteiger partial charge in [-0.05, 0) is 24.6 Å². The van der Waals surface area contributed by atoms with Crippen LogP contribution in [0.4, 0.5) is 0 Å². The van der Waals surface area contributed by atoms with Crippen LogP contribution in [0.1, 0.15) is 12.7 Å². The van der Waals surface area contributed by atoms with Crippen LogP contribution in [0.2, 0.25) is 0 Å². The zero-order chi connectivity index (χ0) is 13.3. The van der Waals surface area contributed by atoms with Gasteiger partial charge in [0.25, 0.3) is 0 Å². The van der Waals surface area contributed by atoms with Crippen molar-refractivity contribution in [2.75, 3.05) is 12.8 Å². The van der Waals surface area contributed by atoms with Crippen molar-refractivity contribution in [3.05, 3.63) is 24.0 Å². The standard InChI is InChI=1S/C12H17N3O2S/c1-8(7-13)6-11-14-9-4-3-5-10(12(9)15-11)18(2,16)17/h3-5,8H,6-7,13H2,1-2H3,(H,14,15). The predicted octanol–water partition coefficient (Wildman–Crippen LogP) is 1.10. The second-order valence-electron chi connectivity index (χ2n) is 4.65. The third kappa shape index (κ3) is 2.54. The second-order valence-corrected chi connectivity index (χ2v) is 6.64. The summed E-state index contributed by atoms with van der Waals surface area (Å²) in [6, 6.07) is 5.12. The van der Waals surface area contributed by atoms with Gasteiger partial charge in [-0.3, -0.25) is 0 Å². The number of nitrogens with two attached hydrogens (primary N) is 1. The van der Waals surface area contributed by atoms with Gasteiger partial charge in [0, 0.05) is 12.7 Å². The molecule has 1 aromatic carbocycles. The normalized spacial score (nSPS) is 13.9. The molecular formula is C12H17N3O2S. The number of hydrogen-bond donors (Lipinski definition) is 2. The first-order valence-corrected chi connectivity index (χ1v) is 7.68. The van der Waals surface area contributed by atoms with E-state index in [-0.39, 0.29) is 4.90 Å². The molecule has 0 aliphatic carbocycles.